The fourth-order valence-corrected chi connectivity index (χ4v) is 2.34. The van der Waals surface area contributed by atoms with Crippen molar-refractivity contribution in [3.05, 3.63) is 89.7 Å². The molecule has 1 heterocycles. The second-order valence-corrected chi connectivity index (χ2v) is 5.41. The molecule has 0 aliphatic rings. The molecule has 0 fully saturated rings. The molecule has 3 aromatic rings. The van der Waals surface area contributed by atoms with Crippen molar-refractivity contribution < 1.29 is 9.59 Å². The second kappa shape index (κ2) is 6.83. The molecule has 1 aromatic heterocycles. The van der Waals surface area contributed by atoms with Gasteiger partial charge < -0.3 is 4.57 Å². The molecular weight excluding hydrogens is 302 g/mol. The number of aromatic nitrogens is 1. The average molecular weight is 319 g/mol. The van der Waals surface area contributed by atoms with Crippen LogP contribution >= 0.6 is 0 Å². The summed E-state index contributed by atoms with van der Waals surface area (Å²) in [6, 6.07) is 18.1. The molecule has 120 valence electrons. The van der Waals surface area contributed by atoms with Crippen LogP contribution in [0.25, 0.3) is 5.69 Å². The lowest BCUT2D eigenvalue weighted by atomic mass is 10.1. The van der Waals surface area contributed by atoms with Crippen LogP contribution in [0, 0.1) is 6.92 Å². The number of amides is 2. The van der Waals surface area contributed by atoms with Gasteiger partial charge in [-0.15, -0.1) is 0 Å². The van der Waals surface area contributed by atoms with E-state index in [9.17, 15) is 9.59 Å². The van der Waals surface area contributed by atoms with Crippen LogP contribution in [-0.2, 0) is 0 Å². The van der Waals surface area contributed by atoms with Crippen LogP contribution in [0.15, 0.2) is 73.1 Å². The van der Waals surface area contributed by atoms with Crippen molar-refractivity contribution >= 4 is 11.8 Å². The first kappa shape index (κ1) is 15.6. The van der Waals surface area contributed by atoms with Crippen LogP contribution in [0.4, 0.5) is 0 Å². The first-order valence-corrected chi connectivity index (χ1v) is 7.54. The number of carbonyl (C=O) groups is 2. The zero-order valence-electron chi connectivity index (χ0n) is 13.2. The highest BCUT2D eigenvalue weighted by atomic mass is 16.2. The molecule has 3 rings (SSSR count). The van der Waals surface area contributed by atoms with Crippen molar-refractivity contribution in [2.45, 2.75) is 6.92 Å². The monoisotopic (exact) mass is 319 g/mol. The largest absolute Gasteiger partial charge is 0.324 e. The minimum absolute atomic E-state index is 0.351. The summed E-state index contributed by atoms with van der Waals surface area (Å²) in [6.07, 6.45) is 3.86. The lowest BCUT2D eigenvalue weighted by Crippen LogP contribution is -2.41. The minimum Gasteiger partial charge on any atom is -0.324 e. The summed E-state index contributed by atoms with van der Waals surface area (Å²) >= 11 is 0. The molecule has 5 nitrogen and oxygen atoms in total. The zero-order chi connectivity index (χ0) is 16.9. The van der Waals surface area contributed by atoms with Crippen LogP contribution in [0.2, 0.25) is 0 Å². The Bertz CT molecular complexity index is 853. The highest BCUT2D eigenvalue weighted by molar-refractivity contribution is 5.99. The molecule has 2 N–H and O–H groups in total. The molecule has 0 aliphatic carbocycles. The number of hydrogen-bond acceptors (Lipinski definition) is 2. The summed E-state index contributed by atoms with van der Waals surface area (Å²) in [5.41, 5.74) is 7.75. The number of rotatable bonds is 3. The standard InChI is InChI=1S/C19H17N3O2/c1-14-5-4-6-16(13-14)19(24)21-20-18(23)15-7-9-17(10-8-15)22-11-2-3-12-22/h2-13H,1H3,(H,20,23)(H,21,24). The van der Waals surface area contributed by atoms with Crippen molar-refractivity contribution in [2.24, 2.45) is 0 Å². The first-order valence-electron chi connectivity index (χ1n) is 7.54. The summed E-state index contributed by atoms with van der Waals surface area (Å²) in [5.74, 6) is -0.717. The third kappa shape index (κ3) is 3.52. The molecule has 2 aromatic carbocycles. The van der Waals surface area contributed by atoms with Gasteiger partial charge in [0, 0.05) is 29.2 Å². The van der Waals surface area contributed by atoms with Gasteiger partial charge in [-0.3, -0.25) is 20.4 Å². The molecule has 0 saturated heterocycles. The van der Waals surface area contributed by atoms with Gasteiger partial charge in [-0.25, -0.2) is 0 Å². The number of aryl methyl sites for hydroxylation is 1. The normalized spacial score (nSPS) is 10.2. The number of carbonyl (C=O) groups excluding carboxylic acids is 2. The average Bonchev–Trinajstić information content (AvgIpc) is 3.14. The van der Waals surface area contributed by atoms with Crippen molar-refractivity contribution in [3.8, 4) is 5.69 Å². The van der Waals surface area contributed by atoms with Gasteiger partial charge in [0.15, 0.2) is 0 Å². The Hall–Kier alpha value is -3.34. The summed E-state index contributed by atoms with van der Waals surface area (Å²) in [7, 11) is 0. The van der Waals surface area contributed by atoms with E-state index in [0.717, 1.165) is 11.3 Å². The Morgan fingerprint density at radius 1 is 0.792 bits per heavy atom. The van der Waals surface area contributed by atoms with Crippen LogP contribution in [-0.4, -0.2) is 16.4 Å². The van der Waals surface area contributed by atoms with Crippen molar-refractivity contribution in [3.63, 3.8) is 0 Å². The number of nitrogens with zero attached hydrogens (tertiary/aromatic N) is 1. The Morgan fingerprint density at radius 2 is 1.42 bits per heavy atom. The Kier molecular flexibility index (Phi) is 4.43. The molecule has 0 atom stereocenters. The number of hydrogen-bond donors (Lipinski definition) is 2. The van der Waals surface area contributed by atoms with Gasteiger partial charge in [-0.2, -0.15) is 0 Å². The summed E-state index contributed by atoms with van der Waals surface area (Å²) in [4.78, 5) is 24.1. The van der Waals surface area contributed by atoms with E-state index in [1.54, 1.807) is 30.3 Å². The molecule has 0 saturated carbocycles. The van der Waals surface area contributed by atoms with Crippen molar-refractivity contribution in [1.82, 2.24) is 15.4 Å². The van der Waals surface area contributed by atoms with E-state index < -0.39 is 0 Å². The topological polar surface area (TPSA) is 63.1 Å². The fourth-order valence-electron chi connectivity index (χ4n) is 2.34. The van der Waals surface area contributed by atoms with Crippen LogP contribution < -0.4 is 10.9 Å². The quantitative estimate of drug-likeness (QED) is 0.729. The molecular formula is C19H17N3O2. The number of hydrazine groups is 1. The van der Waals surface area contributed by atoms with Gasteiger partial charge in [0.1, 0.15) is 0 Å². The predicted molar refractivity (Wildman–Crippen MR) is 91.9 cm³/mol. The zero-order valence-corrected chi connectivity index (χ0v) is 13.2. The molecule has 5 heteroatoms. The summed E-state index contributed by atoms with van der Waals surface area (Å²) in [6.45, 7) is 1.90. The van der Waals surface area contributed by atoms with Gasteiger partial charge >= 0.3 is 0 Å². The third-order valence-corrected chi connectivity index (χ3v) is 3.60. The van der Waals surface area contributed by atoms with E-state index in [1.807, 2.05) is 54.2 Å². The molecule has 0 bridgehead atoms. The second-order valence-electron chi connectivity index (χ2n) is 5.41. The summed E-state index contributed by atoms with van der Waals surface area (Å²) < 4.78 is 1.95. The number of benzene rings is 2. The molecule has 0 unspecified atom stereocenters. The van der Waals surface area contributed by atoms with Crippen LogP contribution in [0.5, 0.6) is 0 Å². The highest BCUT2D eigenvalue weighted by Gasteiger charge is 2.09. The minimum atomic E-state index is -0.366. The predicted octanol–water partition coefficient (Wildman–Crippen LogP) is 2.86. The van der Waals surface area contributed by atoms with Crippen molar-refractivity contribution in [1.29, 1.82) is 0 Å². The summed E-state index contributed by atoms with van der Waals surface area (Å²) in [5, 5.41) is 0. The third-order valence-electron chi connectivity index (χ3n) is 3.60. The maximum absolute atomic E-state index is 12.1. The molecule has 2 amide bonds. The van der Waals surface area contributed by atoms with E-state index in [4.69, 9.17) is 0 Å². The van der Waals surface area contributed by atoms with E-state index in [0.29, 0.717) is 11.1 Å². The fraction of sp³-hybridized carbons (Fsp3) is 0.0526. The molecule has 0 spiro atoms. The van der Waals surface area contributed by atoms with Crippen LogP contribution in [0.1, 0.15) is 26.3 Å². The SMILES string of the molecule is Cc1cccc(C(=O)NNC(=O)c2ccc(-n3cccc3)cc2)c1. The Labute approximate surface area is 139 Å². The molecule has 24 heavy (non-hydrogen) atoms. The smallest absolute Gasteiger partial charge is 0.269 e. The lowest BCUT2D eigenvalue weighted by molar-refractivity contribution is 0.0846. The van der Waals surface area contributed by atoms with Gasteiger partial charge in [0.25, 0.3) is 11.8 Å². The first-order chi connectivity index (χ1) is 11.6. The molecule has 0 aliphatic heterocycles. The van der Waals surface area contributed by atoms with Gasteiger partial charge in [0.2, 0.25) is 0 Å². The Morgan fingerprint density at radius 3 is 2.04 bits per heavy atom. The highest BCUT2D eigenvalue weighted by Crippen LogP contribution is 2.10. The van der Waals surface area contributed by atoms with Gasteiger partial charge in [-0.05, 0) is 55.5 Å². The van der Waals surface area contributed by atoms with Crippen LogP contribution in [0.3, 0.4) is 0 Å². The Balaban J connectivity index is 1.62. The lowest BCUT2D eigenvalue weighted by Gasteiger charge is -2.09. The van der Waals surface area contributed by atoms with Crippen molar-refractivity contribution in [2.75, 3.05) is 0 Å². The van der Waals surface area contributed by atoms with E-state index >= 15 is 0 Å². The van der Waals surface area contributed by atoms with E-state index in [-0.39, 0.29) is 11.8 Å². The van der Waals surface area contributed by atoms with E-state index in [1.165, 1.54) is 0 Å². The maximum atomic E-state index is 12.1. The number of nitrogens with one attached hydrogen (secondary N) is 2. The van der Waals surface area contributed by atoms with E-state index in [2.05, 4.69) is 10.9 Å². The maximum Gasteiger partial charge on any atom is 0.269 e. The van der Waals surface area contributed by atoms with Gasteiger partial charge in [0.05, 0.1) is 0 Å². The molecule has 0 radical (unpaired) electrons. The van der Waals surface area contributed by atoms with Gasteiger partial charge in [-0.1, -0.05) is 17.7 Å².